The van der Waals surface area contributed by atoms with E-state index in [0.717, 1.165) is 49.5 Å². The number of benzene rings is 1. The van der Waals surface area contributed by atoms with Crippen LogP contribution < -0.4 is 9.80 Å². The second-order valence-electron chi connectivity index (χ2n) is 6.18. The molecule has 1 aliphatic rings. The van der Waals surface area contributed by atoms with Crippen LogP contribution in [0.1, 0.15) is 28.8 Å². The first-order valence-corrected chi connectivity index (χ1v) is 8.38. The van der Waals surface area contributed by atoms with Crippen molar-refractivity contribution in [2.75, 3.05) is 36.0 Å². The first kappa shape index (κ1) is 16.7. The van der Waals surface area contributed by atoms with E-state index in [1.807, 2.05) is 38.1 Å². The summed E-state index contributed by atoms with van der Waals surface area (Å²) < 4.78 is 0. The quantitative estimate of drug-likeness (QED) is 0.841. The van der Waals surface area contributed by atoms with Gasteiger partial charge in [-0.1, -0.05) is 12.1 Å². The number of aryl methyl sites for hydroxylation is 1. The minimum absolute atomic E-state index is 0.610. The molecule has 0 bridgehead atoms. The van der Waals surface area contributed by atoms with Crippen LogP contribution in [0.3, 0.4) is 0 Å². The third-order valence-electron chi connectivity index (χ3n) is 4.71. The van der Waals surface area contributed by atoms with Crippen LogP contribution in [0.4, 0.5) is 11.5 Å². The number of rotatable bonds is 2. The molecule has 25 heavy (non-hydrogen) atoms. The van der Waals surface area contributed by atoms with Crippen LogP contribution in [-0.2, 0) is 0 Å². The predicted octanol–water partition coefficient (Wildman–Crippen LogP) is 2.55. The maximum absolute atomic E-state index is 9.53. The highest BCUT2D eigenvalue weighted by molar-refractivity contribution is 5.61. The zero-order chi connectivity index (χ0) is 17.8. The summed E-state index contributed by atoms with van der Waals surface area (Å²) in [6.07, 6.45) is 0.930. The zero-order valence-electron chi connectivity index (χ0n) is 14.5. The molecule has 0 spiro atoms. The summed E-state index contributed by atoms with van der Waals surface area (Å²) >= 11 is 0. The van der Waals surface area contributed by atoms with Gasteiger partial charge in [0.25, 0.3) is 0 Å². The van der Waals surface area contributed by atoms with Crippen molar-refractivity contribution in [1.82, 2.24) is 10.2 Å². The number of anilines is 2. The summed E-state index contributed by atoms with van der Waals surface area (Å²) in [4.78, 5) is 4.37. The van der Waals surface area contributed by atoms with Crippen LogP contribution in [0.25, 0.3) is 0 Å². The number of para-hydroxylation sites is 1. The molecule has 0 N–H and O–H groups in total. The molecule has 6 nitrogen and oxygen atoms in total. The largest absolute Gasteiger partial charge is 0.369 e. The maximum atomic E-state index is 9.53. The Morgan fingerprint density at radius 1 is 0.920 bits per heavy atom. The third kappa shape index (κ3) is 3.25. The molecule has 0 aliphatic carbocycles. The fraction of sp³-hybridized carbons (Fsp3) is 0.368. The van der Waals surface area contributed by atoms with Crippen molar-refractivity contribution in [3.8, 4) is 12.1 Å². The average Bonchev–Trinajstić information content (AvgIpc) is 2.89. The topological polar surface area (TPSA) is 79.8 Å². The molecule has 1 aromatic carbocycles. The van der Waals surface area contributed by atoms with Crippen LogP contribution in [0.5, 0.6) is 0 Å². The van der Waals surface area contributed by atoms with E-state index in [9.17, 15) is 10.5 Å². The Bertz CT molecular complexity index is 861. The highest BCUT2D eigenvalue weighted by atomic mass is 15.3. The second kappa shape index (κ2) is 7.19. The molecular weight excluding hydrogens is 312 g/mol. The van der Waals surface area contributed by atoms with Gasteiger partial charge in [-0.15, -0.1) is 5.10 Å². The molecule has 0 saturated carbocycles. The third-order valence-corrected chi connectivity index (χ3v) is 4.71. The molecule has 0 amide bonds. The fourth-order valence-electron chi connectivity index (χ4n) is 3.17. The molecular formula is C19H20N6. The van der Waals surface area contributed by atoms with E-state index in [4.69, 9.17) is 0 Å². The predicted molar refractivity (Wildman–Crippen MR) is 96.4 cm³/mol. The molecule has 0 atom stereocenters. The lowest BCUT2D eigenvalue weighted by Gasteiger charge is -2.25. The average molecular weight is 332 g/mol. The van der Waals surface area contributed by atoms with Crippen molar-refractivity contribution in [3.05, 3.63) is 46.6 Å². The van der Waals surface area contributed by atoms with E-state index in [-0.39, 0.29) is 0 Å². The molecule has 3 rings (SSSR count). The van der Waals surface area contributed by atoms with Gasteiger partial charge in [-0.25, -0.2) is 0 Å². The van der Waals surface area contributed by atoms with Crippen molar-refractivity contribution in [1.29, 1.82) is 10.5 Å². The zero-order valence-corrected chi connectivity index (χ0v) is 14.5. The minimum atomic E-state index is 0.610. The van der Waals surface area contributed by atoms with Gasteiger partial charge < -0.3 is 9.80 Å². The number of hydrogen-bond donors (Lipinski definition) is 0. The highest BCUT2D eigenvalue weighted by Gasteiger charge is 2.22. The smallest absolute Gasteiger partial charge is 0.169 e. The lowest BCUT2D eigenvalue weighted by molar-refractivity contribution is 0.778. The molecule has 1 saturated heterocycles. The highest BCUT2D eigenvalue weighted by Crippen LogP contribution is 2.25. The molecule has 126 valence electrons. The molecule has 2 heterocycles. The van der Waals surface area contributed by atoms with Crippen molar-refractivity contribution in [2.24, 2.45) is 0 Å². The number of nitriles is 2. The standard InChI is InChI=1S/C19H20N6/c1-14-15(2)22-23-19(17(14)13-21)25-9-5-8-24(10-11-25)18-7-4-3-6-16(18)12-20/h3-4,6-7H,5,8-11H2,1-2H3. The Labute approximate surface area is 147 Å². The first-order chi connectivity index (χ1) is 12.2. The summed E-state index contributed by atoms with van der Waals surface area (Å²) in [6, 6.07) is 12.2. The lowest BCUT2D eigenvalue weighted by atomic mass is 10.1. The molecule has 1 aliphatic heterocycles. The molecule has 6 heteroatoms. The van der Waals surface area contributed by atoms with E-state index in [0.29, 0.717) is 16.9 Å². The van der Waals surface area contributed by atoms with Gasteiger partial charge in [-0.2, -0.15) is 15.6 Å². The Kier molecular flexibility index (Phi) is 4.81. The van der Waals surface area contributed by atoms with E-state index in [1.165, 1.54) is 0 Å². The van der Waals surface area contributed by atoms with Gasteiger partial charge in [0, 0.05) is 26.2 Å². The number of hydrogen-bond acceptors (Lipinski definition) is 6. The normalized spacial score (nSPS) is 14.6. The summed E-state index contributed by atoms with van der Waals surface area (Å²) in [5, 5.41) is 27.4. The van der Waals surface area contributed by atoms with Crippen LogP contribution in [0, 0.1) is 36.5 Å². The van der Waals surface area contributed by atoms with Gasteiger partial charge in [0.05, 0.1) is 16.9 Å². The minimum Gasteiger partial charge on any atom is -0.369 e. The maximum Gasteiger partial charge on any atom is 0.169 e. The van der Waals surface area contributed by atoms with Crippen LogP contribution in [-0.4, -0.2) is 36.4 Å². The summed E-state index contributed by atoms with van der Waals surface area (Å²) in [7, 11) is 0. The molecule has 1 aromatic heterocycles. The van der Waals surface area contributed by atoms with Crippen molar-refractivity contribution < 1.29 is 0 Å². The molecule has 0 unspecified atom stereocenters. The van der Waals surface area contributed by atoms with E-state index in [1.54, 1.807) is 0 Å². The SMILES string of the molecule is Cc1nnc(N2CCCN(c3ccccc3C#N)CC2)c(C#N)c1C. The Morgan fingerprint density at radius 3 is 2.40 bits per heavy atom. The summed E-state index contributed by atoms with van der Waals surface area (Å²) in [5.41, 5.74) is 3.96. The van der Waals surface area contributed by atoms with Gasteiger partial charge >= 0.3 is 0 Å². The van der Waals surface area contributed by atoms with E-state index < -0.39 is 0 Å². The Hall–Kier alpha value is -3.12. The van der Waals surface area contributed by atoms with Crippen molar-refractivity contribution >= 4 is 11.5 Å². The summed E-state index contributed by atoms with van der Waals surface area (Å²) in [6.45, 7) is 6.99. The molecule has 1 fully saturated rings. The van der Waals surface area contributed by atoms with Crippen molar-refractivity contribution in [3.63, 3.8) is 0 Å². The second-order valence-corrected chi connectivity index (χ2v) is 6.18. The van der Waals surface area contributed by atoms with E-state index in [2.05, 4.69) is 32.1 Å². The van der Waals surface area contributed by atoms with Gasteiger partial charge in [0.2, 0.25) is 0 Å². The number of aromatic nitrogens is 2. The van der Waals surface area contributed by atoms with Crippen LogP contribution >= 0.6 is 0 Å². The van der Waals surface area contributed by atoms with Gasteiger partial charge in [-0.3, -0.25) is 0 Å². The van der Waals surface area contributed by atoms with E-state index >= 15 is 0 Å². The summed E-state index contributed by atoms with van der Waals surface area (Å²) in [5.74, 6) is 0.668. The Morgan fingerprint density at radius 2 is 1.64 bits per heavy atom. The number of nitrogens with zero attached hydrogens (tertiary/aromatic N) is 6. The van der Waals surface area contributed by atoms with Crippen LogP contribution in [0.15, 0.2) is 24.3 Å². The fourth-order valence-corrected chi connectivity index (χ4v) is 3.17. The molecule has 0 radical (unpaired) electrons. The van der Waals surface area contributed by atoms with Gasteiger partial charge in [0.1, 0.15) is 17.7 Å². The first-order valence-electron chi connectivity index (χ1n) is 8.38. The molecule has 2 aromatic rings. The monoisotopic (exact) mass is 332 g/mol. The Balaban J connectivity index is 1.85. The lowest BCUT2D eigenvalue weighted by Crippen LogP contribution is -2.32. The van der Waals surface area contributed by atoms with Crippen LogP contribution in [0.2, 0.25) is 0 Å². The van der Waals surface area contributed by atoms with Crippen molar-refractivity contribution in [2.45, 2.75) is 20.3 Å². The van der Waals surface area contributed by atoms with Gasteiger partial charge in [0.15, 0.2) is 5.82 Å². The van der Waals surface area contributed by atoms with Gasteiger partial charge in [-0.05, 0) is 38.0 Å².